The van der Waals surface area contributed by atoms with Crippen LogP contribution < -0.4 is 0 Å². The van der Waals surface area contributed by atoms with Gasteiger partial charge in [0, 0.05) is 13.1 Å². The fourth-order valence-electron chi connectivity index (χ4n) is 2.14. The van der Waals surface area contributed by atoms with Gasteiger partial charge < -0.3 is 4.90 Å². The van der Waals surface area contributed by atoms with Gasteiger partial charge in [0.15, 0.2) is 0 Å². The van der Waals surface area contributed by atoms with E-state index in [2.05, 4.69) is 20.8 Å². The van der Waals surface area contributed by atoms with Gasteiger partial charge in [0.2, 0.25) is 0 Å². The molecule has 0 radical (unpaired) electrons. The van der Waals surface area contributed by atoms with Gasteiger partial charge in [-0.05, 0) is 30.7 Å². The van der Waals surface area contributed by atoms with E-state index in [1.807, 2.05) is 22.4 Å². The van der Waals surface area contributed by atoms with Crippen LogP contribution in [0.4, 0.5) is 0 Å². The van der Waals surface area contributed by atoms with Crippen molar-refractivity contribution in [2.75, 3.05) is 13.1 Å². The molecule has 1 aromatic heterocycles. The molecule has 18 heavy (non-hydrogen) atoms. The van der Waals surface area contributed by atoms with Gasteiger partial charge in [-0.2, -0.15) is 0 Å². The first kappa shape index (κ1) is 15.2. The Balaban J connectivity index is 2.57. The maximum atomic E-state index is 12.3. The molecule has 0 fully saturated rings. The number of thiophene rings is 1. The van der Waals surface area contributed by atoms with E-state index in [0.717, 1.165) is 24.4 Å². The normalized spacial score (nSPS) is 12.4. The highest BCUT2D eigenvalue weighted by molar-refractivity contribution is 7.12. The molecule has 0 aliphatic rings. The summed E-state index contributed by atoms with van der Waals surface area (Å²) in [6.07, 6.45) is 4.90. The minimum Gasteiger partial charge on any atom is -0.338 e. The second kappa shape index (κ2) is 8.30. The third-order valence-corrected chi connectivity index (χ3v) is 4.28. The van der Waals surface area contributed by atoms with Crippen molar-refractivity contribution in [2.24, 2.45) is 5.92 Å². The molecule has 0 spiro atoms. The van der Waals surface area contributed by atoms with Crippen molar-refractivity contribution in [3.05, 3.63) is 22.4 Å². The zero-order valence-electron chi connectivity index (χ0n) is 11.8. The summed E-state index contributed by atoms with van der Waals surface area (Å²) in [5.74, 6) is 0.844. The summed E-state index contributed by atoms with van der Waals surface area (Å²) in [7, 11) is 0. The van der Waals surface area contributed by atoms with Crippen molar-refractivity contribution >= 4 is 17.2 Å². The number of amides is 1. The molecular weight excluding hydrogens is 242 g/mol. The molecule has 0 saturated carbocycles. The molecule has 0 N–H and O–H groups in total. The van der Waals surface area contributed by atoms with Crippen LogP contribution in [0.2, 0.25) is 0 Å². The molecule has 0 aromatic carbocycles. The number of carbonyl (C=O) groups excluding carboxylic acids is 1. The monoisotopic (exact) mass is 267 g/mol. The minimum atomic E-state index is 0.197. The number of unbranched alkanes of at least 4 members (excludes halogenated alkanes) is 1. The summed E-state index contributed by atoms with van der Waals surface area (Å²) in [6, 6.07) is 3.86. The average Bonchev–Trinajstić information content (AvgIpc) is 2.92. The number of hydrogen-bond donors (Lipinski definition) is 0. The lowest BCUT2D eigenvalue weighted by molar-refractivity contribution is 0.0737. The van der Waals surface area contributed by atoms with Crippen LogP contribution in [0.15, 0.2) is 17.5 Å². The first-order chi connectivity index (χ1) is 8.72. The number of hydrogen-bond acceptors (Lipinski definition) is 2. The van der Waals surface area contributed by atoms with Crippen LogP contribution in [0.3, 0.4) is 0 Å². The van der Waals surface area contributed by atoms with Crippen LogP contribution in [-0.2, 0) is 0 Å². The molecule has 1 heterocycles. The first-order valence-electron chi connectivity index (χ1n) is 7.05. The van der Waals surface area contributed by atoms with Crippen molar-refractivity contribution in [3.8, 4) is 0 Å². The van der Waals surface area contributed by atoms with E-state index >= 15 is 0 Å². The Morgan fingerprint density at radius 3 is 2.67 bits per heavy atom. The van der Waals surface area contributed by atoms with Gasteiger partial charge in [0.25, 0.3) is 5.91 Å². The SMILES string of the molecule is CCCCC(CC)CN(CC)C(=O)c1cccs1. The van der Waals surface area contributed by atoms with Gasteiger partial charge in [-0.15, -0.1) is 11.3 Å². The van der Waals surface area contributed by atoms with Crippen LogP contribution in [-0.4, -0.2) is 23.9 Å². The van der Waals surface area contributed by atoms with Crippen molar-refractivity contribution < 1.29 is 4.79 Å². The average molecular weight is 267 g/mol. The fourth-order valence-corrected chi connectivity index (χ4v) is 2.83. The van der Waals surface area contributed by atoms with Crippen molar-refractivity contribution in [2.45, 2.75) is 46.5 Å². The molecule has 1 unspecified atom stereocenters. The van der Waals surface area contributed by atoms with Gasteiger partial charge in [0.1, 0.15) is 0 Å². The predicted molar refractivity (Wildman–Crippen MR) is 79.2 cm³/mol. The van der Waals surface area contributed by atoms with Crippen molar-refractivity contribution in [1.29, 1.82) is 0 Å². The maximum absolute atomic E-state index is 12.3. The molecule has 1 amide bonds. The zero-order valence-corrected chi connectivity index (χ0v) is 12.6. The van der Waals surface area contributed by atoms with E-state index in [4.69, 9.17) is 0 Å². The van der Waals surface area contributed by atoms with Gasteiger partial charge >= 0.3 is 0 Å². The Labute approximate surface area is 115 Å². The predicted octanol–water partition coefficient (Wildman–Crippen LogP) is 4.43. The molecule has 0 aliphatic carbocycles. The highest BCUT2D eigenvalue weighted by atomic mass is 32.1. The molecule has 0 saturated heterocycles. The van der Waals surface area contributed by atoms with Crippen LogP contribution >= 0.6 is 11.3 Å². The van der Waals surface area contributed by atoms with Crippen LogP contribution in [0.1, 0.15) is 56.1 Å². The standard InChI is InChI=1S/C15H25NOS/c1-4-7-9-13(5-2)12-16(6-3)15(17)14-10-8-11-18-14/h8,10-11,13H,4-7,9,12H2,1-3H3. The van der Waals surface area contributed by atoms with Gasteiger partial charge in [-0.1, -0.05) is 39.2 Å². The summed E-state index contributed by atoms with van der Waals surface area (Å²) in [6.45, 7) is 8.23. The fraction of sp³-hybridized carbons (Fsp3) is 0.667. The van der Waals surface area contributed by atoms with E-state index < -0.39 is 0 Å². The Hall–Kier alpha value is -0.830. The number of nitrogens with zero attached hydrogens (tertiary/aromatic N) is 1. The van der Waals surface area contributed by atoms with Crippen LogP contribution in [0.25, 0.3) is 0 Å². The highest BCUT2D eigenvalue weighted by Gasteiger charge is 2.18. The Kier molecular flexibility index (Phi) is 7.02. The third kappa shape index (κ3) is 4.45. The first-order valence-corrected chi connectivity index (χ1v) is 7.93. The molecule has 1 aromatic rings. The van der Waals surface area contributed by atoms with Gasteiger partial charge in [0.05, 0.1) is 4.88 Å². The molecule has 102 valence electrons. The summed E-state index contributed by atoms with van der Waals surface area (Å²) in [4.78, 5) is 15.2. The lowest BCUT2D eigenvalue weighted by atomic mass is 9.98. The summed E-state index contributed by atoms with van der Waals surface area (Å²) >= 11 is 1.54. The highest BCUT2D eigenvalue weighted by Crippen LogP contribution is 2.17. The third-order valence-electron chi connectivity index (χ3n) is 3.42. The molecule has 1 rings (SSSR count). The molecule has 0 bridgehead atoms. The second-order valence-electron chi connectivity index (χ2n) is 4.74. The molecule has 1 atom stereocenters. The lowest BCUT2D eigenvalue weighted by Crippen LogP contribution is -2.34. The van der Waals surface area contributed by atoms with Crippen LogP contribution in [0, 0.1) is 5.92 Å². The molecule has 2 nitrogen and oxygen atoms in total. The summed E-state index contributed by atoms with van der Waals surface area (Å²) in [5, 5.41) is 1.97. The van der Waals surface area contributed by atoms with E-state index in [0.29, 0.717) is 5.92 Å². The number of rotatable bonds is 8. The lowest BCUT2D eigenvalue weighted by Gasteiger charge is -2.25. The number of carbonyl (C=O) groups is 1. The topological polar surface area (TPSA) is 20.3 Å². The van der Waals surface area contributed by atoms with Gasteiger partial charge in [-0.25, -0.2) is 0 Å². The summed E-state index contributed by atoms with van der Waals surface area (Å²) < 4.78 is 0. The van der Waals surface area contributed by atoms with Gasteiger partial charge in [-0.3, -0.25) is 4.79 Å². The quantitative estimate of drug-likeness (QED) is 0.682. The van der Waals surface area contributed by atoms with Crippen LogP contribution in [0.5, 0.6) is 0 Å². The smallest absolute Gasteiger partial charge is 0.263 e. The maximum Gasteiger partial charge on any atom is 0.263 e. The van der Waals surface area contributed by atoms with E-state index in [1.54, 1.807) is 0 Å². The van der Waals surface area contributed by atoms with Crippen molar-refractivity contribution in [1.82, 2.24) is 4.90 Å². The van der Waals surface area contributed by atoms with E-state index in [-0.39, 0.29) is 5.91 Å². The van der Waals surface area contributed by atoms with E-state index in [1.165, 1.54) is 30.6 Å². The largest absolute Gasteiger partial charge is 0.338 e. The summed E-state index contributed by atoms with van der Waals surface area (Å²) in [5.41, 5.74) is 0. The zero-order chi connectivity index (χ0) is 13.4. The molecule has 3 heteroatoms. The van der Waals surface area contributed by atoms with E-state index in [9.17, 15) is 4.79 Å². The minimum absolute atomic E-state index is 0.197. The Morgan fingerprint density at radius 2 is 2.17 bits per heavy atom. The van der Waals surface area contributed by atoms with Crippen molar-refractivity contribution in [3.63, 3.8) is 0 Å². The Bertz CT molecular complexity index is 334. The molecule has 0 aliphatic heterocycles. The molecular formula is C15H25NOS. The Morgan fingerprint density at radius 1 is 1.39 bits per heavy atom. The second-order valence-corrected chi connectivity index (χ2v) is 5.69.